The van der Waals surface area contributed by atoms with Crippen LogP contribution in [0.5, 0.6) is 0 Å². The third kappa shape index (κ3) is 7.95. The highest BCUT2D eigenvalue weighted by Crippen LogP contribution is 2.34. The molecule has 2 amide bonds. The molecule has 2 heterocycles. The normalized spacial score (nSPS) is 14.7. The van der Waals surface area contributed by atoms with Crippen LogP contribution in [0.2, 0.25) is 0 Å². The monoisotopic (exact) mass is 730 g/mol. The number of anilines is 3. The number of alkyl halides is 3. The predicted molar refractivity (Wildman–Crippen MR) is 174 cm³/mol. The molecule has 1 saturated heterocycles. The summed E-state index contributed by atoms with van der Waals surface area (Å²) in [5, 5.41) is 9.24. The molecule has 0 bridgehead atoms. The molecule has 264 valence electrons. The molecule has 0 unspecified atom stereocenters. The van der Waals surface area contributed by atoms with Crippen molar-refractivity contribution in [1.82, 2.24) is 15.1 Å². The molecular formula is C31H32ClF5N6O5S. The first-order valence-corrected chi connectivity index (χ1v) is 16.1. The molecule has 0 saturated carbocycles. The Labute approximate surface area is 284 Å². The molecular weight excluding hydrogens is 699 g/mol. The van der Waals surface area contributed by atoms with E-state index in [2.05, 4.69) is 20.4 Å². The molecule has 11 nitrogen and oxygen atoms in total. The van der Waals surface area contributed by atoms with E-state index in [0.717, 1.165) is 6.07 Å². The summed E-state index contributed by atoms with van der Waals surface area (Å²) in [6.45, 7) is 3.54. The topological polar surface area (TPSA) is 128 Å². The number of nitrogens with zero attached hydrogens (tertiary/aromatic N) is 4. The fraction of sp³-hybridized carbons (Fsp3) is 0.323. The molecule has 1 atom stereocenters. The molecule has 1 aliphatic heterocycles. The first-order valence-electron chi connectivity index (χ1n) is 14.6. The highest BCUT2D eigenvalue weighted by Gasteiger charge is 2.45. The number of hydrogen-bond acceptors (Lipinski definition) is 8. The van der Waals surface area contributed by atoms with E-state index in [1.165, 1.54) is 38.3 Å². The molecule has 3 aromatic carbocycles. The van der Waals surface area contributed by atoms with Crippen molar-refractivity contribution in [1.29, 1.82) is 0 Å². The molecule has 5 rings (SSSR count). The van der Waals surface area contributed by atoms with Crippen LogP contribution in [-0.2, 0) is 19.4 Å². The highest BCUT2D eigenvalue weighted by atomic mass is 35.5. The molecule has 0 radical (unpaired) electrons. The second kappa shape index (κ2) is 14.7. The lowest BCUT2D eigenvalue weighted by Gasteiger charge is -2.36. The Bertz CT molecular complexity index is 1950. The number of nitrogens with one attached hydrogen (secondary N) is 2. The Balaban J connectivity index is 0.00000541. The van der Waals surface area contributed by atoms with Crippen molar-refractivity contribution in [3.8, 4) is 0 Å². The number of halogens is 6. The highest BCUT2D eigenvalue weighted by molar-refractivity contribution is 7.91. The summed E-state index contributed by atoms with van der Waals surface area (Å²) in [6.07, 6.45) is -5.29. The summed E-state index contributed by atoms with van der Waals surface area (Å²) >= 11 is 0. The van der Waals surface area contributed by atoms with E-state index in [1.807, 2.05) is 11.9 Å². The number of aromatic nitrogens is 2. The average Bonchev–Trinajstić information content (AvgIpc) is 3.42. The number of carbonyl (C=O) groups is 2. The van der Waals surface area contributed by atoms with Crippen molar-refractivity contribution in [2.24, 2.45) is 0 Å². The van der Waals surface area contributed by atoms with Gasteiger partial charge in [-0.05, 0) is 62.5 Å². The molecule has 18 heteroatoms. The maximum Gasteiger partial charge on any atom is 0.471 e. The maximum atomic E-state index is 13.9. The van der Waals surface area contributed by atoms with Crippen LogP contribution in [-0.4, -0.2) is 94.5 Å². The Morgan fingerprint density at radius 3 is 2.27 bits per heavy atom. The van der Waals surface area contributed by atoms with Gasteiger partial charge < -0.3 is 19.9 Å². The first-order chi connectivity index (χ1) is 22.6. The lowest BCUT2D eigenvalue weighted by Crippen LogP contribution is -2.49. The summed E-state index contributed by atoms with van der Waals surface area (Å²) in [7, 11) is -1.23. The van der Waals surface area contributed by atoms with Gasteiger partial charge in [-0.1, -0.05) is 0 Å². The number of sulfone groups is 1. The van der Waals surface area contributed by atoms with Crippen molar-refractivity contribution >= 4 is 62.2 Å². The Morgan fingerprint density at radius 1 is 1.00 bits per heavy atom. The first kappa shape index (κ1) is 37.5. The van der Waals surface area contributed by atoms with Crippen molar-refractivity contribution in [2.45, 2.75) is 28.9 Å². The number of H-pyrrole nitrogens is 1. The number of rotatable bonds is 9. The van der Waals surface area contributed by atoms with E-state index in [-0.39, 0.29) is 51.9 Å². The number of methoxy groups -OCH3 is 1. The lowest BCUT2D eigenvalue weighted by atomic mass is 10.1. The Morgan fingerprint density at radius 2 is 1.65 bits per heavy atom. The smallest absolute Gasteiger partial charge is 0.383 e. The van der Waals surface area contributed by atoms with Gasteiger partial charge in [0.15, 0.2) is 5.82 Å². The number of likely N-dealkylation sites (N-methyl/N-ethyl adjacent to an activating group) is 1. The largest absolute Gasteiger partial charge is 0.471 e. The minimum atomic E-state index is -5.29. The minimum absolute atomic E-state index is 0. The van der Waals surface area contributed by atoms with Crippen LogP contribution in [0.15, 0.2) is 64.4 Å². The van der Waals surface area contributed by atoms with Gasteiger partial charge in [-0.2, -0.15) is 18.3 Å². The number of amides is 2. The summed E-state index contributed by atoms with van der Waals surface area (Å²) in [4.78, 5) is 30.1. The van der Waals surface area contributed by atoms with Crippen LogP contribution in [0, 0.1) is 11.6 Å². The van der Waals surface area contributed by atoms with Crippen LogP contribution in [0.3, 0.4) is 0 Å². The fourth-order valence-corrected chi connectivity index (χ4v) is 6.75. The molecule has 4 aromatic rings. The second-order valence-electron chi connectivity index (χ2n) is 11.3. The van der Waals surface area contributed by atoms with Crippen LogP contribution in [0.4, 0.5) is 39.1 Å². The maximum absolute atomic E-state index is 13.9. The van der Waals surface area contributed by atoms with E-state index < -0.39 is 50.4 Å². The lowest BCUT2D eigenvalue weighted by molar-refractivity contribution is -0.171. The van der Waals surface area contributed by atoms with Gasteiger partial charge in [-0.25, -0.2) is 17.2 Å². The van der Waals surface area contributed by atoms with Gasteiger partial charge in [0.05, 0.1) is 39.2 Å². The zero-order chi connectivity index (χ0) is 35.0. The van der Waals surface area contributed by atoms with Gasteiger partial charge in [-0.3, -0.25) is 19.6 Å². The molecule has 1 aromatic heterocycles. The number of hydrogen-bond donors (Lipinski definition) is 2. The van der Waals surface area contributed by atoms with Crippen LogP contribution < -0.4 is 15.1 Å². The van der Waals surface area contributed by atoms with E-state index in [4.69, 9.17) is 4.74 Å². The predicted octanol–water partition coefficient (Wildman–Crippen LogP) is 5.03. The molecule has 49 heavy (non-hydrogen) atoms. The number of piperazine rings is 1. The quantitative estimate of drug-likeness (QED) is 0.230. The molecule has 2 N–H and O–H groups in total. The standard InChI is InChI=1S/C31H31F5N6O5S.ClH/c1-18(17-47-3)42(30(44)31(34,35)36)27-15-21(41-10-8-40(2)9-11-41)4-6-24(27)29(43)37-28-25-16-22(5-7-26(25)38-39-28)48(45,46)23-13-19(32)12-20(33)14-23;/h4-7,12-16,18H,8-11,17H2,1-3H3,(H2,37,38,39,43);1H/t18-;/m0./s1. The van der Waals surface area contributed by atoms with Crippen LogP contribution >= 0.6 is 12.4 Å². The minimum Gasteiger partial charge on any atom is -0.383 e. The van der Waals surface area contributed by atoms with Gasteiger partial charge in [-0.15, -0.1) is 12.4 Å². The number of fused-ring (bicyclic) bond motifs is 1. The zero-order valence-electron chi connectivity index (χ0n) is 26.3. The SMILES string of the molecule is COC[C@H](C)N(C(=O)C(F)(F)F)c1cc(N2CCN(C)CC2)ccc1C(=O)Nc1n[nH]c2ccc(S(=O)(=O)c3cc(F)cc(F)c3)cc12.Cl. The van der Waals surface area contributed by atoms with Crippen molar-refractivity contribution in [2.75, 3.05) is 62.1 Å². The number of aromatic amines is 1. The van der Waals surface area contributed by atoms with E-state index in [0.29, 0.717) is 55.0 Å². The number of carbonyl (C=O) groups excluding carboxylic acids is 2. The molecule has 0 spiro atoms. The summed E-state index contributed by atoms with van der Waals surface area (Å²) < 4.78 is 101. The van der Waals surface area contributed by atoms with Crippen molar-refractivity contribution in [3.05, 3.63) is 71.8 Å². The van der Waals surface area contributed by atoms with Gasteiger partial charge >= 0.3 is 12.1 Å². The molecule has 1 aliphatic rings. The van der Waals surface area contributed by atoms with Gasteiger partial charge in [0.1, 0.15) is 11.6 Å². The van der Waals surface area contributed by atoms with E-state index >= 15 is 0 Å². The second-order valence-corrected chi connectivity index (χ2v) is 13.3. The Hall–Kier alpha value is -4.32. The van der Waals surface area contributed by atoms with Gasteiger partial charge in [0.2, 0.25) is 9.84 Å². The van der Waals surface area contributed by atoms with Crippen LogP contribution in [0.1, 0.15) is 17.3 Å². The van der Waals surface area contributed by atoms with Gasteiger partial charge in [0.25, 0.3) is 5.91 Å². The van der Waals surface area contributed by atoms with Crippen molar-refractivity contribution in [3.63, 3.8) is 0 Å². The molecule has 1 fully saturated rings. The van der Waals surface area contributed by atoms with Crippen molar-refractivity contribution < 1.29 is 44.7 Å². The average molecular weight is 731 g/mol. The number of benzene rings is 3. The number of ether oxygens (including phenoxy) is 1. The summed E-state index contributed by atoms with van der Waals surface area (Å²) in [5.74, 6) is -5.54. The Kier molecular flexibility index (Phi) is 11.2. The summed E-state index contributed by atoms with van der Waals surface area (Å²) in [5.41, 5.74) is 0.131. The molecule has 0 aliphatic carbocycles. The summed E-state index contributed by atoms with van der Waals surface area (Å²) in [6, 6.07) is 8.54. The van der Waals surface area contributed by atoms with Crippen LogP contribution in [0.25, 0.3) is 10.9 Å². The fourth-order valence-electron chi connectivity index (χ4n) is 5.42. The zero-order valence-corrected chi connectivity index (χ0v) is 28.0. The van der Waals surface area contributed by atoms with Gasteiger partial charge in [0, 0.05) is 50.4 Å². The van der Waals surface area contributed by atoms with E-state index in [1.54, 1.807) is 6.07 Å². The third-order valence-electron chi connectivity index (χ3n) is 7.89. The third-order valence-corrected chi connectivity index (χ3v) is 9.62. The van der Waals surface area contributed by atoms with E-state index in [9.17, 15) is 40.0 Å².